The van der Waals surface area contributed by atoms with Crippen molar-refractivity contribution >= 4 is 29.2 Å². The Bertz CT molecular complexity index is 492. The highest BCUT2D eigenvalue weighted by molar-refractivity contribution is 6.30. The van der Waals surface area contributed by atoms with Crippen LogP contribution in [0.5, 0.6) is 0 Å². The lowest BCUT2D eigenvalue weighted by Crippen LogP contribution is -2.61. The average Bonchev–Trinajstić information content (AvgIpc) is 2.42. The third-order valence-electron chi connectivity index (χ3n) is 2.86. The first-order valence-corrected chi connectivity index (χ1v) is 6.70. The van der Waals surface area contributed by atoms with E-state index in [-0.39, 0.29) is 19.1 Å². The molecule has 7 heteroatoms. The highest BCUT2D eigenvalue weighted by atomic mass is 35.5. The molecule has 0 bridgehead atoms. The van der Waals surface area contributed by atoms with E-state index >= 15 is 0 Å². The highest BCUT2D eigenvalue weighted by Crippen LogP contribution is 2.14. The predicted molar refractivity (Wildman–Crippen MR) is 75.1 cm³/mol. The molecule has 0 aliphatic carbocycles. The highest BCUT2D eigenvalue weighted by Gasteiger charge is 2.33. The van der Waals surface area contributed by atoms with E-state index in [2.05, 4.69) is 16.0 Å². The lowest BCUT2D eigenvalue weighted by molar-refractivity contribution is -0.153. The minimum atomic E-state index is -0.807. The van der Waals surface area contributed by atoms with Crippen molar-refractivity contribution in [3.8, 4) is 0 Å². The van der Waals surface area contributed by atoms with Gasteiger partial charge in [-0.2, -0.15) is 0 Å². The van der Waals surface area contributed by atoms with Gasteiger partial charge in [0.1, 0.15) is 5.92 Å². The van der Waals surface area contributed by atoms with Crippen LogP contribution < -0.4 is 16.0 Å². The number of halogens is 1. The van der Waals surface area contributed by atoms with Crippen molar-refractivity contribution in [2.24, 2.45) is 5.92 Å². The van der Waals surface area contributed by atoms with Gasteiger partial charge in [0.25, 0.3) is 0 Å². The van der Waals surface area contributed by atoms with Crippen LogP contribution in [0, 0.1) is 5.92 Å². The van der Waals surface area contributed by atoms with Crippen LogP contribution in [0.1, 0.15) is 6.92 Å². The van der Waals surface area contributed by atoms with E-state index in [0.29, 0.717) is 5.02 Å². The molecule has 20 heavy (non-hydrogen) atoms. The van der Waals surface area contributed by atoms with Crippen molar-refractivity contribution < 1.29 is 14.3 Å². The van der Waals surface area contributed by atoms with Crippen LogP contribution in [-0.2, 0) is 14.3 Å². The van der Waals surface area contributed by atoms with Gasteiger partial charge in [0.05, 0.1) is 6.61 Å². The van der Waals surface area contributed by atoms with Crippen LogP contribution in [-0.4, -0.2) is 31.3 Å². The zero-order valence-corrected chi connectivity index (χ0v) is 11.7. The van der Waals surface area contributed by atoms with E-state index in [9.17, 15) is 9.59 Å². The minimum absolute atomic E-state index is 0.232. The fourth-order valence-corrected chi connectivity index (χ4v) is 1.98. The number of carbonyl (C=O) groups excluding carboxylic acids is 2. The maximum Gasteiger partial charge on any atom is 0.319 e. The van der Waals surface area contributed by atoms with E-state index in [1.54, 1.807) is 31.2 Å². The Labute approximate surface area is 121 Å². The van der Waals surface area contributed by atoms with E-state index < -0.39 is 18.2 Å². The summed E-state index contributed by atoms with van der Waals surface area (Å²) in [6, 6.07) is 7.09. The molecule has 2 rings (SSSR count). The van der Waals surface area contributed by atoms with Crippen molar-refractivity contribution in [1.29, 1.82) is 0 Å². The Morgan fingerprint density at radius 2 is 2.15 bits per heavy atom. The van der Waals surface area contributed by atoms with Crippen LogP contribution in [0.2, 0.25) is 5.02 Å². The number of nitrogens with one attached hydrogen (secondary N) is 3. The number of hydrogen-bond donors (Lipinski definition) is 3. The standard InChI is InChI=1S/C13H16ClN3O3/c1-2-20-12(19)10-7-15-13(17-11(10)18)16-9-5-3-8(14)4-6-9/h3-6,10,13,15-16H,2,7H2,1H3,(H,17,18). The topological polar surface area (TPSA) is 79.5 Å². The van der Waals surface area contributed by atoms with Crippen molar-refractivity contribution in [2.45, 2.75) is 13.2 Å². The molecule has 1 aliphatic rings. The van der Waals surface area contributed by atoms with E-state index in [4.69, 9.17) is 16.3 Å². The third kappa shape index (κ3) is 3.61. The van der Waals surface area contributed by atoms with Crippen LogP contribution in [0.15, 0.2) is 24.3 Å². The van der Waals surface area contributed by atoms with Gasteiger partial charge in [-0.3, -0.25) is 14.9 Å². The Balaban J connectivity index is 1.90. The maximum atomic E-state index is 11.9. The molecule has 1 aliphatic heterocycles. The lowest BCUT2D eigenvalue weighted by Gasteiger charge is -2.30. The number of anilines is 1. The number of carbonyl (C=O) groups is 2. The first-order valence-electron chi connectivity index (χ1n) is 6.32. The van der Waals surface area contributed by atoms with Crippen molar-refractivity contribution in [3.05, 3.63) is 29.3 Å². The number of amides is 1. The summed E-state index contributed by atoms with van der Waals surface area (Å²) >= 11 is 5.80. The molecule has 0 radical (unpaired) electrons. The van der Waals surface area contributed by atoms with Gasteiger partial charge in [0, 0.05) is 17.3 Å². The molecule has 1 heterocycles. The van der Waals surface area contributed by atoms with Gasteiger partial charge in [0.2, 0.25) is 5.91 Å². The lowest BCUT2D eigenvalue weighted by atomic mass is 10.1. The van der Waals surface area contributed by atoms with Gasteiger partial charge in [-0.15, -0.1) is 0 Å². The van der Waals surface area contributed by atoms with Crippen molar-refractivity contribution in [1.82, 2.24) is 10.6 Å². The molecule has 0 saturated carbocycles. The van der Waals surface area contributed by atoms with E-state index in [1.807, 2.05) is 0 Å². The molecule has 1 fully saturated rings. The third-order valence-corrected chi connectivity index (χ3v) is 3.11. The Hall–Kier alpha value is -1.79. The molecule has 2 unspecified atom stereocenters. The summed E-state index contributed by atoms with van der Waals surface area (Å²) < 4.78 is 4.84. The summed E-state index contributed by atoms with van der Waals surface area (Å²) in [5, 5.41) is 9.41. The Morgan fingerprint density at radius 1 is 1.45 bits per heavy atom. The first-order chi connectivity index (χ1) is 9.60. The number of esters is 1. The number of rotatable bonds is 4. The van der Waals surface area contributed by atoms with E-state index in [1.165, 1.54) is 0 Å². The van der Waals surface area contributed by atoms with E-state index in [0.717, 1.165) is 5.69 Å². The van der Waals surface area contributed by atoms with Crippen molar-refractivity contribution in [3.63, 3.8) is 0 Å². The molecular formula is C13H16ClN3O3. The molecule has 1 aromatic carbocycles. The number of benzene rings is 1. The second kappa shape index (κ2) is 6.58. The zero-order valence-electron chi connectivity index (χ0n) is 11.0. The second-order valence-electron chi connectivity index (χ2n) is 4.31. The summed E-state index contributed by atoms with van der Waals surface area (Å²) in [5.41, 5.74) is 0.807. The Morgan fingerprint density at radius 3 is 2.75 bits per heavy atom. The largest absolute Gasteiger partial charge is 0.465 e. The average molecular weight is 298 g/mol. The molecule has 108 valence electrons. The molecule has 1 saturated heterocycles. The molecule has 1 aromatic rings. The number of ether oxygens (including phenoxy) is 1. The predicted octanol–water partition coefficient (Wildman–Crippen LogP) is 0.934. The monoisotopic (exact) mass is 297 g/mol. The normalized spacial score (nSPS) is 22.0. The summed E-state index contributed by atoms with van der Waals surface area (Å²) in [6.07, 6.45) is -0.436. The van der Waals surface area contributed by atoms with Crippen LogP contribution in [0.25, 0.3) is 0 Å². The Kier molecular flexibility index (Phi) is 4.81. The molecular weight excluding hydrogens is 282 g/mol. The first kappa shape index (κ1) is 14.6. The van der Waals surface area contributed by atoms with Gasteiger partial charge >= 0.3 is 5.97 Å². The van der Waals surface area contributed by atoms with Gasteiger partial charge in [-0.1, -0.05) is 11.6 Å². The quantitative estimate of drug-likeness (QED) is 0.569. The zero-order chi connectivity index (χ0) is 14.5. The van der Waals surface area contributed by atoms with Gasteiger partial charge < -0.3 is 15.4 Å². The molecule has 3 N–H and O–H groups in total. The fourth-order valence-electron chi connectivity index (χ4n) is 1.86. The molecule has 0 spiro atoms. The molecule has 0 aromatic heterocycles. The van der Waals surface area contributed by atoms with Crippen LogP contribution in [0.3, 0.4) is 0 Å². The number of hydrogen-bond acceptors (Lipinski definition) is 5. The fraction of sp³-hybridized carbons (Fsp3) is 0.385. The van der Waals surface area contributed by atoms with Crippen LogP contribution >= 0.6 is 11.6 Å². The van der Waals surface area contributed by atoms with Crippen molar-refractivity contribution in [2.75, 3.05) is 18.5 Å². The van der Waals surface area contributed by atoms with Gasteiger partial charge in [0.15, 0.2) is 6.29 Å². The summed E-state index contributed by atoms with van der Waals surface area (Å²) in [6.45, 7) is 2.20. The maximum absolute atomic E-state index is 11.9. The van der Waals surface area contributed by atoms with Crippen LogP contribution in [0.4, 0.5) is 5.69 Å². The summed E-state index contributed by atoms with van der Waals surface area (Å²) in [7, 11) is 0. The molecule has 1 amide bonds. The SMILES string of the molecule is CCOC(=O)C1CNC(Nc2ccc(Cl)cc2)NC1=O. The second-order valence-corrected chi connectivity index (χ2v) is 4.74. The molecule has 2 atom stereocenters. The minimum Gasteiger partial charge on any atom is -0.465 e. The summed E-state index contributed by atoms with van der Waals surface area (Å²) in [4.78, 5) is 23.4. The summed E-state index contributed by atoms with van der Waals surface area (Å²) in [5.74, 6) is -1.67. The smallest absolute Gasteiger partial charge is 0.319 e. The molecule has 6 nitrogen and oxygen atoms in total. The van der Waals surface area contributed by atoms with Gasteiger partial charge in [-0.25, -0.2) is 0 Å². The van der Waals surface area contributed by atoms with Gasteiger partial charge in [-0.05, 0) is 31.2 Å².